The maximum atomic E-state index is 12.1. The molecule has 0 atom stereocenters. The van der Waals surface area contributed by atoms with E-state index >= 15 is 0 Å². The van der Waals surface area contributed by atoms with E-state index in [4.69, 9.17) is 16.9 Å². The molecule has 0 saturated carbocycles. The lowest BCUT2D eigenvalue weighted by atomic mass is 10.2. The van der Waals surface area contributed by atoms with Crippen molar-refractivity contribution in [3.63, 3.8) is 0 Å². The minimum absolute atomic E-state index is 0.0130. The number of halogens is 1. The molecule has 108 valence electrons. The highest BCUT2D eigenvalue weighted by molar-refractivity contribution is 7.90. The third-order valence-electron chi connectivity index (χ3n) is 2.53. The highest BCUT2D eigenvalue weighted by atomic mass is 35.5. The largest absolute Gasteiger partial charge is 0.274 e. The molecule has 8 heteroatoms. The molecule has 2 aromatic rings. The number of amides is 1. The lowest BCUT2D eigenvalue weighted by molar-refractivity contribution is -0.118. The Balaban J connectivity index is 2.17. The van der Waals surface area contributed by atoms with Crippen LogP contribution in [-0.4, -0.2) is 14.3 Å². The molecule has 1 amide bonds. The van der Waals surface area contributed by atoms with Crippen molar-refractivity contribution in [2.24, 2.45) is 0 Å². The molecule has 1 heterocycles. The summed E-state index contributed by atoms with van der Waals surface area (Å²) in [4.78, 5) is 12.3. The van der Waals surface area contributed by atoms with Gasteiger partial charge in [0.25, 0.3) is 10.0 Å². The number of hydrogen-bond donors (Lipinski definition) is 1. The zero-order chi connectivity index (χ0) is 15.5. The van der Waals surface area contributed by atoms with E-state index in [1.165, 1.54) is 23.5 Å². The fourth-order valence-electron chi connectivity index (χ4n) is 1.57. The van der Waals surface area contributed by atoms with E-state index in [9.17, 15) is 13.2 Å². The summed E-state index contributed by atoms with van der Waals surface area (Å²) in [5.41, 5.74) is 0.167. The molecule has 0 spiro atoms. The average Bonchev–Trinajstić information content (AvgIpc) is 2.90. The number of sulfonamides is 1. The number of thiophene rings is 1. The summed E-state index contributed by atoms with van der Waals surface area (Å²) in [7, 11) is -4.00. The highest BCUT2D eigenvalue weighted by Crippen LogP contribution is 2.20. The Bertz CT molecular complexity index is 808. The van der Waals surface area contributed by atoms with Crippen molar-refractivity contribution in [3.8, 4) is 6.07 Å². The second kappa shape index (κ2) is 6.26. The summed E-state index contributed by atoms with van der Waals surface area (Å²) in [6, 6.07) is 9.02. The standard InChI is InChI=1S/C13H9ClN2O3S2/c14-12-7-11(4-3-9(12)8-15)21(18,19)16-13(17)6-10-2-1-5-20-10/h1-5,7H,6H2,(H,16,17). The second-order valence-corrected chi connectivity index (χ2v) is 7.16. The Morgan fingerprint density at radius 1 is 1.38 bits per heavy atom. The number of nitrogens with zero attached hydrogens (tertiary/aromatic N) is 1. The predicted molar refractivity (Wildman–Crippen MR) is 79.5 cm³/mol. The molecular formula is C13H9ClN2O3S2. The van der Waals surface area contributed by atoms with Crippen LogP contribution in [0.5, 0.6) is 0 Å². The van der Waals surface area contributed by atoms with Gasteiger partial charge < -0.3 is 0 Å². The van der Waals surface area contributed by atoms with Crippen LogP contribution in [0.3, 0.4) is 0 Å². The molecule has 1 N–H and O–H groups in total. The maximum Gasteiger partial charge on any atom is 0.264 e. The Labute approximate surface area is 130 Å². The van der Waals surface area contributed by atoms with Crippen molar-refractivity contribution in [1.82, 2.24) is 4.72 Å². The number of carbonyl (C=O) groups is 1. The molecule has 0 unspecified atom stereocenters. The average molecular weight is 341 g/mol. The van der Waals surface area contributed by atoms with Crippen LogP contribution in [-0.2, 0) is 21.2 Å². The minimum atomic E-state index is -4.00. The van der Waals surface area contributed by atoms with Gasteiger partial charge in [-0.15, -0.1) is 11.3 Å². The quantitative estimate of drug-likeness (QED) is 0.925. The van der Waals surface area contributed by atoms with Gasteiger partial charge in [0.1, 0.15) is 6.07 Å². The van der Waals surface area contributed by atoms with Gasteiger partial charge >= 0.3 is 0 Å². The van der Waals surface area contributed by atoms with Crippen molar-refractivity contribution in [1.29, 1.82) is 5.26 Å². The van der Waals surface area contributed by atoms with E-state index in [0.29, 0.717) is 0 Å². The van der Waals surface area contributed by atoms with Crippen LogP contribution >= 0.6 is 22.9 Å². The summed E-state index contributed by atoms with van der Waals surface area (Å²) < 4.78 is 26.1. The van der Waals surface area contributed by atoms with Gasteiger partial charge in [-0.3, -0.25) is 4.79 Å². The SMILES string of the molecule is N#Cc1ccc(S(=O)(=O)NC(=O)Cc2cccs2)cc1Cl. The highest BCUT2D eigenvalue weighted by Gasteiger charge is 2.19. The van der Waals surface area contributed by atoms with E-state index in [1.807, 2.05) is 10.8 Å². The van der Waals surface area contributed by atoms with Crippen molar-refractivity contribution in [2.75, 3.05) is 0 Å². The first-order chi connectivity index (χ1) is 9.92. The summed E-state index contributed by atoms with van der Waals surface area (Å²) in [5, 5.41) is 10.6. The molecule has 5 nitrogen and oxygen atoms in total. The third-order valence-corrected chi connectivity index (χ3v) is 5.09. The third kappa shape index (κ3) is 3.82. The van der Waals surface area contributed by atoms with Crippen molar-refractivity contribution in [3.05, 3.63) is 51.2 Å². The Kier molecular flexibility index (Phi) is 4.63. The lowest BCUT2D eigenvalue weighted by Gasteiger charge is -2.07. The van der Waals surface area contributed by atoms with E-state index in [2.05, 4.69) is 0 Å². The van der Waals surface area contributed by atoms with Crippen LogP contribution in [0.4, 0.5) is 0 Å². The molecule has 0 bridgehead atoms. The van der Waals surface area contributed by atoms with Crippen molar-refractivity contribution < 1.29 is 13.2 Å². The second-order valence-electron chi connectivity index (χ2n) is 4.04. The van der Waals surface area contributed by atoms with E-state index in [0.717, 1.165) is 10.9 Å². The van der Waals surface area contributed by atoms with Gasteiger partial charge in [-0.1, -0.05) is 17.7 Å². The smallest absolute Gasteiger partial charge is 0.264 e. The first-order valence-corrected chi connectivity index (χ1v) is 8.44. The zero-order valence-corrected chi connectivity index (χ0v) is 12.9. The maximum absolute atomic E-state index is 12.1. The zero-order valence-electron chi connectivity index (χ0n) is 10.5. The van der Waals surface area contributed by atoms with Gasteiger partial charge in [-0.2, -0.15) is 5.26 Å². The fourth-order valence-corrected chi connectivity index (χ4v) is 3.57. The summed E-state index contributed by atoms with van der Waals surface area (Å²) in [6.45, 7) is 0. The number of hydrogen-bond acceptors (Lipinski definition) is 5. The molecule has 1 aromatic carbocycles. The summed E-state index contributed by atoms with van der Waals surface area (Å²) in [6.07, 6.45) is -0.0130. The molecule has 0 aliphatic heterocycles. The monoisotopic (exact) mass is 340 g/mol. The van der Waals surface area contributed by atoms with E-state index in [1.54, 1.807) is 17.5 Å². The normalized spacial score (nSPS) is 10.9. The molecule has 0 aliphatic carbocycles. The number of nitriles is 1. The molecule has 21 heavy (non-hydrogen) atoms. The number of rotatable bonds is 4. The van der Waals surface area contributed by atoms with Gasteiger partial charge in [0.15, 0.2) is 0 Å². The number of nitrogens with one attached hydrogen (secondary N) is 1. The van der Waals surface area contributed by atoms with E-state index in [-0.39, 0.29) is 21.9 Å². The Hall–Kier alpha value is -1.88. The van der Waals surface area contributed by atoms with Crippen LogP contribution in [0.25, 0.3) is 0 Å². The molecule has 0 fully saturated rings. The predicted octanol–water partition coefficient (Wildman–Crippen LogP) is 2.32. The van der Waals surface area contributed by atoms with Crippen LogP contribution < -0.4 is 4.72 Å². The van der Waals surface area contributed by atoms with Crippen LogP contribution in [0, 0.1) is 11.3 Å². The lowest BCUT2D eigenvalue weighted by Crippen LogP contribution is -2.31. The first kappa shape index (κ1) is 15.5. The molecular weight excluding hydrogens is 332 g/mol. The molecule has 2 rings (SSSR count). The molecule has 0 aliphatic rings. The van der Waals surface area contributed by atoms with Crippen molar-refractivity contribution in [2.45, 2.75) is 11.3 Å². The van der Waals surface area contributed by atoms with Gasteiger partial charge in [0, 0.05) is 4.88 Å². The molecule has 0 radical (unpaired) electrons. The van der Waals surface area contributed by atoms with Gasteiger partial charge in [0.05, 0.1) is 21.9 Å². The molecule has 0 saturated heterocycles. The van der Waals surface area contributed by atoms with Crippen LogP contribution in [0.1, 0.15) is 10.4 Å². The van der Waals surface area contributed by atoms with Crippen LogP contribution in [0.2, 0.25) is 5.02 Å². The molecule has 1 aromatic heterocycles. The summed E-state index contributed by atoms with van der Waals surface area (Å²) >= 11 is 7.16. The summed E-state index contributed by atoms with van der Waals surface area (Å²) in [5.74, 6) is -0.627. The Morgan fingerprint density at radius 2 is 2.14 bits per heavy atom. The minimum Gasteiger partial charge on any atom is -0.274 e. The van der Waals surface area contributed by atoms with Gasteiger partial charge in [-0.25, -0.2) is 13.1 Å². The van der Waals surface area contributed by atoms with Gasteiger partial charge in [-0.05, 0) is 29.6 Å². The topological polar surface area (TPSA) is 87.0 Å². The van der Waals surface area contributed by atoms with E-state index < -0.39 is 15.9 Å². The fraction of sp³-hybridized carbons (Fsp3) is 0.0769. The Morgan fingerprint density at radius 3 is 2.71 bits per heavy atom. The number of carbonyl (C=O) groups excluding carboxylic acids is 1. The number of benzene rings is 1. The van der Waals surface area contributed by atoms with Crippen molar-refractivity contribution >= 4 is 38.9 Å². The first-order valence-electron chi connectivity index (χ1n) is 5.70. The van der Waals surface area contributed by atoms with Gasteiger partial charge in [0.2, 0.25) is 5.91 Å². The van der Waals surface area contributed by atoms with Crippen LogP contribution in [0.15, 0.2) is 40.6 Å².